The van der Waals surface area contributed by atoms with Crippen LogP contribution in [0.2, 0.25) is 0 Å². The summed E-state index contributed by atoms with van der Waals surface area (Å²) in [7, 11) is 0. The van der Waals surface area contributed by atoms with E-state index >= 15 is 0 Å². The summed E-state index contributed by atoms with van der Waals surface area (Å²) in [5.41, 5.74) is 0.711. The lowest BCUT2D eigenvalue weighted by Gasteiger charge is -2.40. The van der Waals surface area contributed by atoms with Gasteiger partial charge in [0.2, 0.25) is 0 Å². The van der Waals surface area contributed by atoms with E-state index in [0.717, 1.165) is 51.3 Å². The van der Waals surface area contributed by atoms with Crippen LogP contribution in [0.25, 0.3) is 0 Å². The minimum absolute atomic E-state index is 0.136. The number of benzene rings is 1. The van der Waals surface area contributed by atoms with Gasteiger partial charge in [-0.05, 0) is 41.8 Å². The fraction of sp³-hybridized carbons (Fsp3) is 0.667. The highest BCUT2D eigenvalue weighted by atomic mass is 19.1. The van der Waals surface area contributed by atoms with Crippen molar-refractivity contribution < 1.29 is 4.39 Å². The monoisotopic (exact) mass is 386 g/mol. The molecular formula is C21H31FN6. The molecule has 1 atom stereocenters. The molecule has 152 valence electrons. The summed E-state index contributed by atoms with van der Waals surface area (Å²) in [4.78, 5) is 4.66. The number of tetrazole rings is 1. The summed E-state index contributed by atoms with van der Waals surface area (Å²) in [6.45, 7) is 5.69. The molecule has 6 nitrogen and oxygen atoms in total. The molecule has 0 N–H and O–H groups in total. The second-order valence-corrected chi connectivity index (χ2v) is 8.05. The summed E-state index contributed by atoms with van der Waals surface area (Å²) in [5.74, 6) is 0.892. The molecule has 1 aliphatic heterocycles. The van der Waals surface area contributed by atoms with E-state index in [-0.39, 0.29) is 11.9 Å². The lowest BCUT2D eigenvalue weighted by atomic mass is 10.1. The third-order valence-electron chi connectivity index (χ3n) is 6.27. The molecule has 0 amide bonds. The Morgan fingerprint density at radius 2 is 1.86 bits per heavy atom. The van der Waals surface area contributed by atoms with E-state index < -0.39 is 0 Å². The number of unbranched alkanes of at least 4 members (excludes halogenated alkanes) is 1. The predicted octanol–water partition coefficient (Wildman–Crippen LogP) is 3.98. The molecule has 7 heteroatoms. The van der Waals surface area contributed by atoms with Crippen LogP contribution in [0.4, 0.5) is 10.1 Å². The minimum Gasteiger partial charge on any atom is -0.367 e. The molecule has 2 heterocycles. The number of piperazine rings is 1. The van der Waals surface area contributed by atoms with Crippen molar-refractivity contribution in [2.45, 2.75) is 64.0 Å². The molecular weight excluding hydrogens is 355 g/mol. The van der Waals surface area contributed by atoms with Crippen LogP contribution < -0.4 is 4.90 Å². The molecule has 4 rings (SSSR count). The zero-order valence-corrected chi connectivity index (χ0v) is 16.8. The zero-order valence-electron chi connectivity index (χ0n) is 16.8. The fourth-order valence-electron chi connectivity index (χ4n) is 4.68. The van der Waals surface area contributed by atoms with Crippen molar-refractivity contribution in [2.24, 2.45) is 0 Å². The molecule has 1 aliphatic carbocycles. The highest BCUT2D eigenvalue weighted by Gasteiger charge is 2.31. The third kappa shape index (κ3) is 4.04. The highest BCUT2D eigenvalue weighted by Crippen LogP contribution is 2.33. The lowest BCUT2D eigenvalue weighted by Crippen LogP contribution is -2.48. The van der Waals surface area contributed by atoms with Crippen molar-refractivity contribution in [1.29, 1.82) is 0 Å². The molecule has 0 unspecified atom stereocenters. The van der Waals surface area contributed by atoms with E-state index in [9.17, 15) is 4.39 Å². The Labute approximate surface area is 166 Å². The van der Waals surface area contributed by atoms with Gasteiger partial charge in [0, 0.05) is 26.2 Å². The van der Waals surface area contributed by atoms with Crippen LogP contribution in [0.5, 0.6) is 0 Å². The molecule has 1 saturated heterocycles. The molecule has 2 aliphatic rings. The minimum atomic E-state index is -0.136. The summed E-state index contributed by atoms with van der Waals surface area (Å²) < 4.78 is 16.3. The topological polar surface area (TPSA) is 50.1 Å². The van der Waals surface area contributed by atoms with Gasteiger partial charge in [0.25, 0.3) is 0 Å². The quantitative estimate of drug-likeness (QED) is 0.720. The number of nitrogens with zero attached hydrogens (tertiary/aromatic N) is 6. The van der Waals surface area contributed by atoms with Gasteiger partial charge in [-0.25, -0.2) is 9.07 Å². The first-order valence-electron chi connectivity index (χ1n) is 10.8. The van der Waals surface area contributed by atoms with Gasteiger partial charge >= 0.3 is 0 Å². The maximum Gasteiger partial charge on any atom is 0.168 e. The van der Waals surface area contributed by atoms with E-state index in [1.54, 1.807) is 12.1 Å². The normalized spacial score (nSPS) is 20.0. The molecule has 1 aromatic carbocycles. The number of aromatic nitrogens is 4. The van der Waals surface area contributed by atoms with E-state index in [1.807, 2.05) is 12.1 Å². The molecule has 0 spiro atoms. The first-order chi connectivity index (χ1) is 13.8. The van der Waals surface area contributed by atoms with Gasteiger partial charge in [-0.1, -0.05) is 44.7 Å². The smallest absolute Gasteiger partial charge is 0.168 e. The van der Waals surface area contributed by atoms with Crippen molar-refractivity contribution in [2.75, 3.05) is 31.1 Å². The molecule has 2 aromatic rings. The lowest BCUT2D eigenvalue weighted by molar-refractivity contribution is 0.159. The third-order valence-corrected chi connectivity index (χ3v) is 6.27. The van der Waals surface area contributed by atoms with Crippen molar-refractivity contribution in [3.8, 4) is 0 Å². The van der Waals surface area contributed by atoms with Crippen LogP contribution in [0.3, 0.4) is 0 Å². The molecule has 1 aromatic heterocycles. The van der Waals surface area contributed by atoms with E-state index in [4.69, 9.17) is 0 Å². The summed E-state index contributed by atoms with van der Waals surface area (Å²) in [6, 6.07) is 7.78. The van der Waals surface area contributed by atoms with Gasteiger partial charge in [-0.3, -0.25) is 4.90 Å². The second kappa shape index (κ2) is 8.99. The predicted molar refractivity (Wildman–Crippen MR) is 108 cm³/mol. The largest absolute Gasteiger partial charge is 0.367 e. The van der Waals surface area contributed by atoms with Crippen LogP contribution in [0.1, 0.15) is 69.8 Å². The number of hydrogen-bond donors (Lipinski definition) is 0. The number of hydrogen-bond acceptors (Lipinski definition) is 5. The van der Waals surface area contributed by atoms with Gasteiger partial charge in [0.05, 0.1) is 17.8 Å². The maximum atomic E-state index is 14.2. The van der Waals surface area contributed by atoms with Crippen molar-refractivity contribution in [1.82, 2.24) is 25.1 Å². The molecule has 2 fully saturated rings. The summed E-state index contributed by atoms with van der Waals surface area (Å²) >= 11 is 0. The molecule has 0 bridgehead atoms. The maximum absolute atomic E-state index is 14.2. The molecule has 28 heavy (non-hydrogen) atoms. The first-order valence-corrected chi connectivity index (χ1v) is 10.8. The van der Waals surface area contributed by atoms with Crippen molar-refractivity contribution >= 4 is 5.69 Å². The molecule has 1 saturated carbocycles. The van der Waals surface area contributed by atoms with Crippen molar-refractivity contribution in [3.63, 3.8) is 0 Å². The fourth-order valence-corrected chi connectivity index (χ4v) is 4.68. The average molecular weight is 387 g/mol. The van der Waals surface area contributed by atoms with Gasteiger partial charge < -0.3 is 4.90 Å². The van der Waals surface area contributed by atoms with E-state index in [2.05, 4.69) is 36.9 Å². The highest BCUT2D eigenvalue weighted by molar-refractivity contribution is 5.48. The van der Waals surface area contributed by atoms with Gasteiger partial charge in [-0.15, -0.1) is 5.10 Å². The first kappa shape index (κ1) is 19.3. The molecule has 0 radical (unpaired) electrons. The summed E-state index contributed by atoms with van der Waals surface area (Å²) in [6.07, 6.45) is 8.30. The summed E-state index contributed by atoms with van der Waals surface area (Å²) in [5, 5.41) is 12.9. The van der Waals surface area contributed by atoms with Crippen LogP contribution in [0.15, 0.2) is 24.3 Å². The second-order valence-electron chi connectivity index (χ2n) is 8.05. The Kier molecular flexibility index (Phi) is 6.20. The van der Waals surface area contributed by atoms with Gasteiger partial charge in [0.1, 0.15) is 5.82 Å². The number of halogens is 1. The number of rotatable bonds is 7. The van der Waals surface area contributed by atoms with Crippen LogP contribution >= 0.6 is 0 Å². The van der Waals surface area contributed by atoms with Crippen LogP contribution in [-0.4, -0.2) is 51.3 Å². The number of anilines is 1. The Morgan fingerprint density at radius 3 is 2.57 bits per heavy atom. The Morgan fingerprint density at radius 1 is 1.11 bits per heavy atom. The zero-order chi connectivity index (χ0) is 19.3. The van der Waals surface area contributed by atoms with Crippen LogP contribution in [-0.2, 0) is 0 Å². The van der Waals surface area contributed by atoms with Gasteiger partial charge in [-0.2, -0.15) is 0 Å². The van der Waals surface area contributed by atoms with E-state index in [0.29, 0.717) is 11.7 Å². The Balaban J connectivity index is 1.49. The SMILES string of the molecule is CCCC[C@@H](c1nnnn1C1CCCC1)N1CCN(c2ccccc2F)CC1. The van der Waals surface area contributed by atoms with E-state index in [1.165, 1.54) is 25.7 Å². The van der Waals surface area contributed by atoms with Crippen LogP contribution in [0, 0.1) is 5.82 Å². The average Bonchev–Trinajstić information content (AvgIpc) is 3.41. The van der Waals surface area contributed by atoms with Crippen molar-refractivity contribution in [3.05, 3.63) is 35.9 Å². The number of para-hydroxylation sites is 1. The Bertz CT molecular complexity index is 749. The Hall–Kier alpha value is -2.02. The van der Waals surface area contributed by atoms with Gasteiger partial charge in [0.15, 0.2) is 5.82 Å². The standard InChI is InChI=1S/C21H31FN6/c1-2-3-11-20(21-23-24-25-28(21)17-8-4-5-9-17)27-15-13-26(14-16-27)19-12-7-6-10-18(19)22/h6-7,10,12,17,20H,2-5,8-9,11,13-16H2,1H3/t20-/m0/s1.